The number of aliphatic hydroxyl groups excluding tert-OH is 1. The Morgan fingerprint density at radius 1 is 1.07 bits per heavy atom. The lowest BCUT2D eigenvalue weighted by molar-refractivity contribution is -0.132. The number of amides is 1. The predicted molar refractivity (Wildman–Crippen MR) is 172 cm³/mol. The summed E-state index contributed by atoms with van der Waals surface area (Å²) in [5, 5.41) is 12.1. The van der Waals surface area contributed by atoms with Crippen LogP contribution in [0.4, 0.5) is 5.13 Å². The summed E-state index contributed by atoms with van der Waals surface area (Å²) >= 11 is 1.35. The van der Waals surface area contributed by atoms with Crippen LogP contribution >= 0.6 is 11.3 Å². The lowest BCUT2D eigenvalue weighted by atomic mass is 9.94. The van der Waals surface area contributed by atoms with E-state index >= 15 is 0 Å². The summed E-state index contributed by atoms with van der Waals surface area (Å²) in [6.45, 7) is 10.9. The van der Waals surface area contributed by atoms with Crippen molar-refractivity contribution in [1.82, 2.24) is 4.98 Å². The van der Waals surface area contributed by atoms with E-state index in [0.717, 1.165) is 45.5 Å². The Kier molecular flexibility index (Phi) is 8.07. The van der Waals surface area contributed by atoms with Crippen LogP contribution in [0.15, 0.2) is 54.1 Å². The second-order valence-corrected chi connectivity index (χ2v) is 12.4. The molecule has 1 saturated heterocycles. The molecule has 2 aliphatic heterocycles. The average molecular weight is 613 g/mol. The van der Waals surface area contributed by atoms with Crippen molar-refractivity contribution in [3.63, 3.8) is 0 Å². The van der Waals surface area contributed by atoms with Gasteiger partial charge in [-0.1, -0.05) is 36.8 Å². The molecule has 228 valence electrons. The molecule has 1 aromatic heterocycles. The Balaban J connectivity index is 1.53. The summed E-state index contributed by atoms with van der Waals surface area (Å²) in [6, 6.07) is 13.9. The molecule has 6 rings (SSSR count). The fourth-order valence-electron chi connectivity index (χ4n) is 5.94. The van der Waals surface area contributed by atoms with E-state index in [2.05, 4.69) is 6.92 Å². The highest BCUT2D eigenvalue weighted by Gasteiger charge is 2.48. The van der Waals surface area contributed by atoms with Gasteiger partial charge in [0.15, 0.2) is 16.6 Å². The average Bonchev–Trinajstić information content (AvgIpc) is 3.66. The number of thiazole rings is 1. The Labute approximate surface area is 260 Å². The van der Waals surface area contributed by atoms with Crippen molar-refractivity contribution < 1.29 is 28.9 Å². The first-order chi connectivity index (χ1) is 21.2. The number of aliphatic hydroxyl groups is 1. The maximum Gasteiger partial charge on any atom is 0.301 e. The summed E-state index contributed by atoms with van der Waals surface area (Å²) in [5.74, 6) is 0.0834. The first-order valence-corrected chi connectivity index (χ1v) is 15.9. The minimum Gasteiger partial charge on any atom is -0.507 e. The van der Waals surface area contributed by atoms with Crippen molar-refractivity contribution in [1.29, 1.82) is 0 Å². The Hall–Kier alpha value is -4.37. The van der Waals surface area contributed by atoms with Gasteiger partial charge >= 0.3 is 5.91 Å². The smallest absolute Gasteiger partial charge is 0.301 e. The first kappa shape index (κ1) is 29.7. The standard InChI is InChI=1S/C35H36N2O6S/c1-6-8-13-42-26-12-9-22(18-27(26)41-7-2)31-29(32(38)23-10-11-25-24(17-23)16-21(5)43-25)33(39)34(40)37(31)35-36-30-20(4)14-19(3)15-28(30)44-35/h9-12,14-15,17-18,21,31,38H,6-8,13,16H2,1-5H3. The highest BCUT2D eigenvalue weighted by Crippen LogP contribution is 2.46. The lowest BCUT2D eigenvalue weighted by Gasteiger charge is -2.24. The Morgan fingerprint density at radius 3 is 2.66 bits per heavy atom. The number of ether oxygens (including phenoxy) is 3. The topological polar surface area (TPSA) is 98.2 Å². The quantitative estimate of drug-likeness (QED) is 0.0908. The molecule has 2 aliphatic rings. The van der Waals surface area contributed by atoms with E-state index in [0.29, 0.717) is 47.4 Å². The number of carbonyl (C=O) groups is 2. The zero-order valence-electron chi connectivity index (χ0n) is 25.6. The van der Waals surface area contributed by atoms with Crippen molar-refractivity contribution in [3.8, 4) is 17.2 Å². The minimum absolute atomic E-state index is 0.00354. The number of hydrogen-bond donors (Lipinski definition) is 1. The van der Waals surface area contributed by atoms with Crippen LogP contribution in [0.2, 0.25) is 0 Å². The fourth-order valence-corrected chi connectivity index (χ4v) is 7.11. The number of aryl methyl sites for hydroxylation is 2. The van der Waals surface area contributed by atoms with Crippen LogP contribution in [0.1, 0.15) is 67.5 Å². The van der Waals surface area contributed by atoms with E-state index in [4.69, 9.17) is 19.2 Å². The van der Waals surface area contributed by atoms with E-state index in [1.54, 1.807) is 24.3 Å². The van der Waals surface area contributed by atoms with E-state index in [-0.39, 0.29) is 17.4 Å². The van der Waals surface area contributed by atoms with Crippen LogP contribution in [-0.2, 0) is 16.0 Å². The van der Waals surface area contributed by atoms with Crippen LogP contribution in [-0.4, -0.2) is 41.1 Å². The number of carbonyl (C=O) groups excluding carboxylic acids is 2. The van der Waals surface area contributed by atoms with Crippen molar-refractivity contribution in [2.45, 2.75) is 66.0 Å². The highest BCUT2D eigenvalue weighted by molar-refractivity contribution is 7.22. The van der Waals surface area contributed by atoms with Crippen LogP contribution in [0, 0.1) is 13.8 Å². The molecular weight excluding hydrogens is 576 g/mol. The molecule has 0 saturated carbocycles. The number of nitrogens with zero attached hydrogens (tertiary/aromatic N) is 2. The molecule has 2 unspecified atom stereocenters. The molecule has 9 heteroatoms. The van der Waals surface area contributed by atoms with E-state index in [9.17, 15) is 14.7 Å². The molecule has 1 amide bonds. The number of unbranched alkanes of at least 4 members (excludes halogenated alkanes) is 1. The summed E-state index contributed by atoms with van der Waals surface area (Å²) in [7, 11) is 0. The van der Waals surface area contributed by atoms with Gasteiger partial charge in [-0.05, 0) is 92.8 Å². The maximum absolute atomic E-state index is 13.9. The molecule has 0 bridgehead atoms. The number of aromatic nitrogens is 1. The summed E-state index contributed by atoms with van der Waals surface area (Å²) < 4.78 is 18.7. The van der Waals surface area contributed by atoms with Crippen LogP contribution in [0.5, 0.6) is 17.2 Å². The molecule has 2 atom stereocenters. The zero-order valence-corrected chi connectivity index (χ0v) is 26.4. The van der Waals surface area contributed by atoms with Gasteiger partial charge in [0, 0.05) is 12.0 Å². The number of ketones is 1. The van der Waals surface area contributed by atoms with Gasteiger partial charge in [-0.25, -0.2) is 4.98 Å². The third-order valence-corrected chi connectivity index (χ3v) is 8.98. The van der Waals surface area contributed by atoms with Crippen molar-refractivity contribution in [2.24, 2.45) is 0 Å². The molecule has 3 heterocycles. The number of hydrogen-bond acceptors (Lipinski definition) is 8. The van der Waals surface area contributed by atoms with Crippen molar-refractivity contribution in [2.75, 3.05) is 18.1 Å². The molecule has 0 spiro atoms. The highest BCUT2D eigenvalue weighted by atomic mass is 32.1. The van der Waals surface area contributed by atoms with Crippen LogP contribution in [0.25, 0.3) is 16.0 Å². The first-order valence-electron chi connectivity index (χ1n) is 15.1. The number of Topliss-reactive ketones (excluding diaryl/α,β-unsaturated/α-hetero) is 1. The summed E-state index contributed by atoms with van der Waals surface area (Å²) in [4.78, 5) is 34.0. The molecular formula is C35H36N2O6S. The number of benzene rings is 3. The minimum atomic E-state index is -0.940. The molecule has 0 aliphatic carbocycles. The van der Waals surface area contributed by atoms with Gasteiger partial charge in [0.1, 0.15) is 17.6 Å². The third kappa shape index (κ3) is 5.30. The van der Waals surface area contributed by atoms with Gasteiger partial charge in [0.2, 0.25) is 0 Å². The number of rotatable bonds is 9. The zero-order chi connectivity index (χ0) is 31.1. The number of fused-ring (bicyclic) bond motifs is 2. The normalized spacial score (nSPS) is 19.0. The molecule has 44 heavy (non-hydrogen) atoms. The van der Waals surface area contributed by atoms with Gasteiger partial charge in [0.25, 0.3) is 5.78 Å². The Bertz CT molecular complexity index is 1810. The van der Waals surface area contributed by atoms with E-state index in [1.165, 1.54) is 16.2 Å². The predicted octanol–water partition coefficient (Wildman–Crippen LogP) is 7.44. The van der Waals surface area contributed by atoms with Crippen LogP contribution in [0.3, 0.4) is 0 Å². The second kappa shape index (κ2) is 12.0. The monoisotopic (exact) mass is 612 g/mol. The molecule has 1 fully saturated rings. The molecule has 3 aromatic carbocycles. The molecule has 0 radical (unpaired) electrons. The Morgan fingerprint density at radius 2 is 1.89 bits per heavy atom. The van der Waals surface area contributed by atoms with Crippen molar-refractivity contribution in [3.05, 3.63) is 81.9 Å². The third-order valence-electron chi connectivity index (χ3n) is 7.98. The lowest BCUT2D eigenvalue weighted by Crippen LogP contribution is -2.29. The van der Waals surface area contributed by atoms with Crippen LogP contribution < -0.4 is 19.1 Å². The van der Waals surface area contributed by atoms with E-state index < -0.39 is 17.7 Å². The van der Waals surface area contributed by atoms with E-state index in [1.807, 2.05) is 52.0 Å². The van der Waals surface area contributed by atoms with Gasteiger partial charge < -0.3 is 19.3 Å². The molecule has 8 nitrogen and oxygen atoms in total. The largest absolute Gasteiger partial charge is 0.507 e. The van der Waals surface area contributed by atoms with Gasteiger partial charge in [-0.3, -0.25) is 14.5 Å². The fraction of sp³-hybridized carbons (Fsp3) is 0.343. The maximum atomic E-state index is 13.9. The van der Waals surface area contributed by atoms with Gasteiger partial charge in [0.05, 0.1) is 35.0 Å². The summed E-state index contributed by atoms with van der Waals surface area (Å²) in [5.41, 5.74) is 4.83. The molecule has 1 N–H and O–H groups in total. The van der Waals surface area contributed by atoms with Gasteiger partial charge in [-0.15, -0.1) is 0 Å². The molecule has 4 aromatic rings. The summed E-state index contributed by atoms with van der Waals surface area (Å²) in [6.07, 6.45) is 2.60. The number of anilines is 1. The van der Waals surface area contributed by atoms with Gasteiger partial charge in [-0.2, -0.15) is 0 Å². The second-order valence-electron chi connectivity index (χ2n) is 11.4. The SMILES string of the molecule is CCCCOc1ccc(C2C(=C(O)c3ccc4c(c3)CC(C)O4)C(=O)C(=O)N2c2nc3c(C)cc(C)cc3s2)cc1OCC. The van der Waals surface area contributed by atoms with Crippen molar-refractivity contribution >= 4 is 44.1 Å².